The second kappa shape index (κ2) is 7.26. The van der Waals surface area contributed by atoms with Gasteiger partial charge in [-0.05, 0) is 31.5 Å². The lowest BCUT2D eigenvalue weighted by molar-refractivity contribution is -0.160. The molecule has 1 unspecified atom stereocenters. The molecule has 0 saturated carbocycles. The molecule has 1 fully saturated rings. The Hall–Kier alpha value is -2.08. The average molecular weight is 307 g/mol. The predicted molar refractivity (Wildman–Crippen MR) is 80.1 cm³/mol. The number of hydrogen-bond acceptors (Lipinski definition) is 4. The van der Waals surface area contributed by atoms with E-state index in [1.807, 2.05) is 6.92 Å². The van der Waals surface area contributed by atoms with Crippen LogP contribution in [0.4, 0.5) is 0 Å². The fourth-order valence-corrected chi connectivity index (χ4v) is 2.38. The van der Waals surface area contributed by atoms with Crippen LogP contribution < -0.4 is 4.74 Å². The topological polar surface area (TPSA) is 76.1 Å². The van der Waals surface area contributed by atoms with E-state index in [9.17, 15) is 9.59 Å². The minimum Gasteiger partial charge on any atom is -0.494 e. The van der Waals surface area contributed by atoms with Gasteiger partial charge in [0.25, 0.3) is 5.91 Å². The Morgan fingerprint density at radius 2 is 2.18 bits per heavy atom. The summed E-state index contributed by atoms with van der Waals surface area (Å²) in [5, 5.41) is 9.08. The fraction of sp³-hybridized carbons (Fsp3) is 0.500. The standard InChI is InChI=1S/C16H21NO5/c1-3-7-21-13-6-4-5-12(8-13)15(18)17-9-11(2)22-14(10-17)16(19)20/h4-6,8,11,14H,3,7,9-10H2,1-2H3,(H,19,20)/t11-,14?/m1/s1. The van der Waals surface area contributed by atoms with E-state index in [4.69, 9.17) is 14.6 Å². The van der Waals surface area contributed by atoms with Gasteiger partial charge in [0.1, 0.15) is 5.75 Å². The highest BCUT2D eigenvalue weighted by Crippen LogP contribution is 2.18. The van der Waals surface area contributed by atoms with Crippen LogP contribution in [0.3, 0.4) is 0 Å². The van der Waals surface area contributed by atoms with Crippen LogP contribution in [0.2, 0.25) is 0 Å². The lowest BCUT2D eigenvalue weighted by Crippen LogP contribution is -2.51. The van der Waals surface area contributed by atoms with E-state index in [2.05, 4.69) is 0 Å². The molecular formula is C16H21NO5. The zero-order valence-corrected chi connectivity index (χ0v) is 12.8. The number of ether oxygens (including phenoxy) is 2. The quantitative estimate of drug-likeness (QED) is 0.897. The van der Waals surface area contributed by atoms with Gasteiger partial charge >= 0.3 is 5.97 Å². The predicted octanol–water partition coefficient (Wildman–Crippen LogP) is 1.79. The van der Waals surface area contributed by atoms with Crippen molar-refractivity contribution in [2.24, 2.45) is 0 Å². The SMILES string of the molecule is CCCOc1cccc(C(=O)N2CC(C(=O)O)O[C@H](C)C2)c1. The van der Waals surface area contributed by atoms with E-state index in [1.54, 1.807) is 31.2 Å². The molecule has 2 atom stereocenters. The third-order valence-corrected chi connectivity index (χ3v) is 3.38. The molecule has 1 N–H and O–H groups in total. The molecule has 2 rings (SSSR count). The zero-order valence-electron chi connectivity index (χ0n) is 12.8. The number of rotatable bonds is 5. The average Bonchev–Trinajstić information content (AvgIpc) is 2.51. The van der Waals surface area contributed by atoms with Crippen molar-refractivity contribution in [3.8, 4) is 5.75 Å². The summed E-state index contributed by atoms with van der Waals surface area (Å²) in [6, 6.07) is 6.95. The summed E-state index contributed by atoms with van der Waals surface area (Å²) < 4.78 is 10.8. The van der Waals surface area contributed by atoms with Crippen molar-refractivity contribution in [2.75, 3.05) is 19.7 Å². The van der Waals surface area contributed by atoms with Crippen LogP contribution in [0.15, 0.2) is 24.3 Å². The van der Waals surface area contributed by atoms with E-state index in [1.165, 1.54) is 4.90 Å². The Labute approximate surface area is 129 Å². The van der Waals surface area contributed by atoms with Crippen LogP contribution in [0.25, 0.3) is 0 Å². The van der Waals surface area contributed by atoms with Gasteiger partial charge < -0.3 is 19.5 Å². The van der Waals surface area contributed by atoms with Gasteiger partial charge in [0.15, 0.2) is 6.10 Å². The maximum Gasteiger partial charge on any atom is 0.334 e. The number of carbonyl (C=O) groups excluding carboxylic acids is 1. The maximum absolute atomic E-state index is 12.6. The highest BCUT2D eigenvalue weighted by atomic mass is 16.5. The van der Waals surface area contributed by atoms with Crippen molar-refractivity contribution in [2.45, 2.75) is 32.5 Å². The summed E-state index contributed by atoms with van der Waals surface area (Å²) in [6.07, 6.45) is -0.398. The van der Waals surface area contributed by atoms with Crippen molar-refractivity contribution in [1.82, 2.24) is 4.90 Å². The molecule has 0 radical (unpaired) electrons. The molecule has 0 spiro atoms. The number of hydrogen-bond donors (Lipinski definition) is 1. The van der Waals surface area contributed by atoms with Gasteiger partial charge in [0, 0.05) is 12.1 Å². The summed E-state index contributed by atoms with van der Waals surface area (Å²) in [6.45, 7) is 4.79. The van der Waals surface area contributed by atoms with Crippen LogP contribution in [0, 0.1) is 0 Å². The molecule has 6 heteroatoms. The van der Waals surface area contributed by atoms with E-state index < -0.39 is 12.1 Å². The Morgan fingerprint density at radius 1 is 1.41 bits per heavy atom. The molecule has 1 aromatic rings. The van der Waals surface area contributed by atoms with Crippen molar-refractivity contribution >= 4 is 11.9 Å². The molecule has 6 nitrogen and oxygen atoms in total. The molecule has 22 heavy (non-hydrogen) atoms. The third kappa shape index (κ3) is 3.98. The van der Waals surface area contributed by atoms with Crippen LogP contribution in [0.5, 0.6) is 5.75 Å². The maximum atomic E-state index is 12.6. The Kier molecular flexibility index (Phi) is 5.38. The fourth-order valence-electron chi connectivity index (χ4n) is 2.38. The summed E-state index contributed by atoms with van der Waals surface area (Å²) in [5.74, 6) is -0.614. The highest BCUT2D eigenvalue weighted by Gasteiger charge is 2.33. The van der Waals surface area contributed by atoms with Crippen LogP contribution in [0.1, 0.15) is 30.6 Å². The second-order valence-corrected chi connectivity index (χ2v) is 5.36. The molecule has 120 valence electrons. The third-order valence-electron chi connectivity index (χ3n) is 3.38. The van der Waals surface area contributed by atoms with Gasteiger partial charge in [-0.2, -0.15) is 0 Å². The van der Waals surface area contributed by atoms with Crippen LogP contribution in [-0.2, 0) is 9.53 Å². The number of carboxylic acids is 1. The van der Waals surface area contributed by atoms with E-state index in [-0.39, 0.29) is 18.6 Å². The summed E-state index contributed by atoms with van der Waals surface area (Å²) in [7, 11) is 0. The van der Waals surface area contributed by atoms with Gasteiger partial charge in [-0.25, -0.2) is 4.79 Å². The van der Waals surface area contributed by atoms with E-state index >= 15 is 0 Å². The smallest absolute Gasteiger partial charge is 0.334 e. The molecule has 1 aromatic carbocycles. The summed E-state index contributed by atoms with van der Waals surface area (Å²) >= 11 is 0. The second-order valence-electron chi connectivity index (χ2n) is 5.36. The Balaban J connectivity index is 2.11. The van der Waals surface area contributed by atoms with Crippen molar-refractivity contribution < 1.29 is 24.2 Å². The van der Waals surface area contributed by atoms with Gasteiger partial charge in [0.05, 0.1) is 19.3 Å². The van der Waals surface area contributed by atoms with Gasteiger partial charge in [-0.1, -0.05) is 13.0 Å². The number of morpholine rings is 1. The lowest BCUT2D eigenvalue weighted by atomic mass is 10.1. The first-order valence-corrected chi connectivity index (χ1v) is 7.41. The largest absolute Gasteiger partial charge is 0.494 e. The molecule has 0 aliphatic carbocycles. The number of amides is 1. The van der Waals surface area contributed by atoms with Crippen molar-refractivity contribution in [3.05, 3.63) is 29.8 Å². The molecular weight excluding hydrogens is 286 g/mol. The zero-order chi connectivity index (χ0) is 16.1. The monoisotopic (exact) mass is 307 g/mol. The van der Waals surface area contributed by atoms with Crippen molar-refractivity contribution in [3.63, 3.8) is 0 Å². The Morgan fingerprint density at radius 3 is 2.86 bits per heavy atom. The number of aliphatic carboxylic acids is 1. The van der Waals surface area contributed by atoms with Gasteiger partial charge in [0.2, 0.25) is 0 Å². The minimum absolute atomic E-state index is 0.0541. The molecule has 1 aliphatic rings. The first-order chi connectivity index (χ1) is 10.5. The normalized spacial score (nSPS) is 21.5. The van der Waals surface area contributed by atoms with Crippen LogP contribution in [-0.4, -0.2) is 53.8 Å². The molecule has 1 heterocycles. The van der Waals surface area contributed by atoms with E-state index in [0.29, 0.717) is 24.5 Å². The Bertz CT molecular complexity index is 545. The number of carbonyl (C=O) groups is 2. The van der Waals surface area contributed by atoms with Gasteiger partial charge in [-0.3, -0.25) is 4.79 Å². The summed E-state index contributed by atoms with van der Waals surface area (Å²) in [4.78, 5) is 25.2. The molecule has 1 aliphatic heterocycles. The summed E-state index contributed by atoms with van der Waals surface area (Å²) in [5.41, 5.74) is 0.492. The molecule has 1 amide bonds. The molecule has 0 bridgehead atoms. The number of nitrogens with zero attached hydrogens (tertiary/aromatic N) is 1. The van der Waals surface area contributed by atoms with Gasteiger partial charge in [-0.15, -0.1) is 0 Å². The molecule has 0 aromatic heterocycles. The first-order valence-electron chi connectivity index (χ1n) is 7.41. The minimum atomic E-state index is -1.05. The van der Waals surface area contributed by atoms with Crippen LogP contribution >= 0.6 is 0 Å². The number of benzene rings is 1. The van der Waals surface area contributed by atoms with E-state index in [0.717, 1.165) is 6.42 Å². The first kappa shape index (κ1) is 16.3. The highest BCUT2D eigenvalue weighted by molar-refractivity contribution is 5.95. The van der Waals surface area contributed by atoms with Crippen molar-refractivity contribution in [1.29, 1.82) is 0 Å². The number of carboxylic acid groups (broad SMARTS) is 1. The lowest BCUT2D eigenvalue weighted by Gasteiger charge is -2.35. The molecule has 1 saturated heterocycles.